The molecular formula is C25H34N4O3S. The van der Waals surface area contributed by atoms with E-state index in [1.54, 1.807) is 10.4 Å². The van der Waals surface area contributed by atoms with Crippen molar-refractivity contribution in [1.29, 1.82) is 0 Å². The van der Waals surface area contributed by atoms with Gasteiger partial charge in [-0.3, -0.25) is 11.6 Å². The Kier molecular flexibility index (Phi) is 5.99. The van der Waals surface area contributed by atoms with Gasteiger partial charge in [-0.15, -0.1) is 0 Å². The van der Waals surface area contributed by atoms with Crippen LogP contribution in [0.15, 0.2) is 47.4 Å². The van der Waals surface area contributed by atoms with Crippen molar-refractivity contribution < 1.29 is 13.2 Å². The number of rotatable bonds is 5. The second-order valence-electron chi connectivity index (χ2n) is 9.97. The summed E-state index contributed by atoms with van der Waals surface area (Å²) in [6.07, 6.45) is 5.03. The lowest BCUT2D eigenvalue weighted by molar-refractivity contribution is 0.0903. The summed E-state index contributed by atoms with van der Waals surface area (Å²) in [5.41, 5.74) is 8.49. The van der Waals surface area contributed by atoms with Gasteiger partial charge in [0.1, 0.15) is 5.75 Å². The quantitative estimate of drug-likeness (QED) is 0.652. The highest BCUT2D eigenvalue weighted by atomic mass is 32.2. The molecule has 0 radical (unpaired) electrons. The molecule has 0 amide bonds. The van der Waals surface area contributed by atoms with Crippen molar-refractivity contribution in [3.05, 3.63) is 59.2 Å². The van der Waals surface area contributed by atoms with E-state index >= 15 is 0 Å². The summed E-state index contributed by atoms with van der Waals surface area (Å²) in [4.78, 5) is 0.358. The minimum Gasteiger partial charge on any atom is -0.472 e. The predicted molar refractivity (Wildman–Crippen MR) is 128 cm³/mol. The van der Waals surface area contributed by atoms with Crippen LogP contribution in [-0.4, -0.2) is 43.1 Å². The van der Waals surface area contributed by atoms with Gasteiger partial charge >= 0.3 is 0 Å². The topological polar surface area (TPSA) is 102 Å². The maximum Gasteiger partial charge on any atom is 0.243 e. The van der Waals surface area contributed by atoms with Crippen molar-refractivity contribution >= 4 is 10.0 Å². The monoisotopic (exact) mass is 470 g/mol. The number of nitrogens with zero attached hydrogens (tertiary/aromatic N) is 2. The highest BCUT2D eigenvalue weighted by Gasteiger charge is 2.38. The first kappa shape index (κ1) is 22.8. The number of hydrazine groups is 1. The number of piperidine rings is 1. The smallest absolute Gasteiger partial charge is 0.243 e. The first-order valence-corrected chi connectivity index (χ1v) is 13.4. The van der Waals surface area contributed by atoms with Crippen LogP contribution in [0.2, 0.25) is 0 Å². The van der Waals surface area contributed by atoms with E-state index < -0.39 is 15.7 Å². The number of hydrogen-bond acceptors (Lipinski definition) is 6. The van der Waals surface area contributed by atoms with Gasteiger partial charge in [-0.1, -0.05) is 30.3 Å². The number of ether oxygens (including phenoxy) is 1. The average Bonchev–Trinajstić information content (AvgIpc) is 3.42. The van der Waals surface area contributed by atoms with Gasteiger partial charge in [0.2, 0.25) is 10.0 Å². The van der Waals surface area contributed by atoms with Crippen LogP contribution in [0.4, 0.5) is 0 Å². The van der Waals surface area contributed by atoms with Gasteiger partial charge in [-0.25, -0.2) is 13.4 Å². The highest BCUT2D eigenvalue weighted by Crippen LogP contribution is 2.43. The number of fused-ring (bicyclic) bond motifs is 1. The lowest BCUT2D eigenvalue weighted by Crippen LogP contribution is -2.44. The fourth-order valence-electron chi connectivity index (χ4n) is 5.72. The molecule has 5 rings (SSSR count). The first-order chi connectivity index (χ1) is 15.7. The van der Waals surface area contributed by atoms with Crippen LogP contribution in [0, 0.1) is 5.92 Å². The number of benzene rings is 2. The lowest BCUT2D eigenvalue weighted by Gasteiger charge is -2.39. The normalized spacial score (nSPS) is 28.6. The summed E-state index contributed by atoms with van der Waals surface area (Å²) < 4.78 is 34.6. The maximum atomic E-state index is 13.4. The van der Waals surface area contributed by atoms with Crippen LogP contribution in [0.1, 0.15) is 55.3 Å². The second kappa shape index (κ2) is 8.67. The van der Waals surface area contributed by atoms with Crippen LogP contribution >= 0.6 is 0 Å². The molecule has 0 saturated carbocycles. The third kappa shape index (κ3) is 4.42. The Hall–Kier alpha value is -1.97. The van der Waals surface area contributed by atoms with E-state index in [4.69, 9.17) is 16.3 Å². The molecule has 4 N–H and O–H groups in total. The van der Waals surface area contributed by atoms with Crippen molar-refractivity contribution in [3.8, 4) is 5.75 Å². The number of hydrogen-bond donors (Lipinski definition) is 2. The van der Waals surface area contributed by atoms with Crippen LogP contribution in [-0.2, 0) is 22.9 Å². The molecule has 2 fully saturated rings. The molecule has 0 spiro atoms. The van der Waals surface area contributed by atoms with E-state index in [1.807, 2.05) is 36.2 Å². The largest absolute Gasteiger partial charge is 0.472 e. The van der Waals surface area contributed by atoms with E-state index in [1.165, 1.54) is 5.56 Å². The van der Waals surface area contributed by atoms with Crippen molar-refractivity contribution in [1.82, 2.24) is 9.31 Å². The van der Waals surface area contributed by atoms with E-state index in [2.05, 4.69) is 12.1 Å². The Morgan fingerprint density at radius 3 is 2.55 bits per heavy atom. The Bertz CT molecular complexity index is 1110. The molecule has 0 bridgehead atoms. The molecule has 2 saturated heterocycles. The zero-order valence-corrected chi connectivity index (χ0v) is 20.1. The molecule has 3 atom stereocenters. The minimum atomic E-state index is -3.54. The third-order valence-corrected chi connectivity index (χ3v) is 9.09. The average molecular weight is 471 g/mol. The molecule has 3 aliphatic rings. The zero-order valence-electron chi connectivity index (χ0n) is 19.2. The minimum absolute atomic E-state index is 0.0695. The number of sulfonamides is 1. The van der Waals surface area contributed by atoms with E-state index in [0.717, 1.165) is 49.1 Å². The Morgan fingerprint density at radius 2 is 1.82 bits per heavy atom. The van der Waals surface area contributed by atoms with E-state index in [0.29, 0.717) is 30.8 Å². The standard InChI is InChI=1S/C25H34N4O3S/c1-25(26)17-21-16-22(33(30,31)28-11-5-6-12-28)15-20(24(21)32-25)14-19-10-7-13-29(27)23(19)18-8-3-2-4-9-18/h2-4,8-9,15-16,19,23H,5-7,10-14,17,26-27H2,1H3/t19-,23+,25?/m0/s1. The van der Waals surface area contributed by atoms with Crippen LogP contribution in [0.25, 0.3) is 0 Å². The van der Waals surface area contributed by atoms with Crippen molar-refractivity contribution in [3.63, 3.8) is 0 Å². The Labute approximate surface area is 196 Å². The maximum absolute atomic E-state index is 13.4. The molecule has 3 aliphatic heterocycles. The van der Waals surface area contributed by atoms with E-state index in [9.17, 15) is 8.42 Å². The van der Waals surface area contributed by atoms with E-state index in [-0.39, 0.29) is 12.0 Å². The van der Waals surface area contributed by atoms with Crippen molar-refractivity contribution in [2.24, 2.45) is 17.5 Å². The molecule has 8 heteroatoms. The summed E-state index contributed by atoms with van der Waals surface area (Å²) in [5, 5.41) is 1.93. The summed E-state index contributed by atoms with van der Waals surface area (Å²) in [5.74, 6) is 7.47. The molecule has 178 valence electrons. The van der Waals surface area contributed by atoms with Gasteiger partial charge in [0.15, 0.2) is 5.72 Å². The Balaban J connectivity index is 1.54. The molecule has 1 unspecified atom stereocenters. The van der Waals surface area contributed by atoms with Gasteiger partial charge in [0, 0.05) is 31.6 Å². The molecule has 33 heavy (non-hydrogen) atoms. The Morgan fingerprint density at radius 1 is 1.09 bits per heavy atom. The third-order valence-electron chi connectivity index (χ3n) is 7.21. The molecule has 2 aromatic carbocycles. The van der Waals surface area contributed by atoms with Crippen LogP contribution < -0.4 is 16.3 Å². The van der Waals surface area contributed by atoms with Crippen LogP contribution in [0.5, 0.6) is 5.75 Å². The first-order valence-electron chi connectivity index (χ1n) is 11.9. The van der Waals surface area contributed by atoms with Gasteiger partial charge in [0.05, 0.1) is 10.9 Å². The molecule has 7 nitrogen and oxygen atoms in total. The highest BCUT2D eigenvalue weighted by molar-refractivity contribution is 7.89. The van der Waals surface area contributed by atoms with Gasteiger partial charge in [-0.05, 0) is 68.2 Å². The van der Waals surface area contributed by atoms with Crippen molar-refractivity contribution in [2.45, 2.75) is 62.1 Å². The fourth-order valence-corrected chi connectivity index (χ4v) is 7.34. The molecule has 2 aromatic rings. The van der Waals surface area contributed by atoms with Crippen molar-refractivity contribution in [2.75, 3.05) is 19.6 Å². The second-order valence-corrected chi connectivity index (χ2v) is 11.9. The predicted octanol–water partition coefficient (Wildman–Crippen LogP) is 2.95. The number of nitrogens with two attached hydrogens (primary N) is 2. The molecule has 3 heterocycles. The molecule has 0 aliphatic carbocycles. The summed E-state index contributed by atoms with van der Waals surface area (Å²) >= 11 is 0. The van der Waals surface area contributed by atoms with Gasteiger partial charge in [-0.2, -0.15) is 4.31 Å². The van der Waals surface area contributed by atoms with Gasteiger partial charge in [0.25, 0.3) is 0 Å². The summed E-state index contributed by atoms with van der Waals surface area (Å²) in [7, 11) is -3.54. The zero-order chi connectivity index (χ0) is 23.2. The summed E-state index contributed by atoms with van der Waals surface area (Å²) in [6, 6.07) is 14.0. The molecular weight excluding hydrogens is 436 g/mol. The lowest BCUT2D eigenvalue weighted by atomic mass is 9.81. The van der Waals surface area contributed by atoms with Gasteiger partial charge < -0.3 is 4.74 Å². The SMILES string of the molecule is CC1(N)Cc2cc(S(=O)(=O)N3CCCC3)cc(C[C@@H]3CCCN(N)[C@@H]3c3ccccc3)c2O1. The molecule has 0 aromatic heterocycles. The fraction of sp³-hybridized carbons (Fsp3) is 0.520. The van der Waals surface area contributed by atoms with Crippen LogP contribution in [0.3, 0.4) is 0 Å². The summed E-state index contributed by atoms with van der Waals surface area (Å²) in [6.45, 7) is 3.86.